The molecule has 0 fully saturated rings. The lowest BCUT2D eigenvalue weighted by Gasteiger charge is -2.30. The number of carbonyl (C=O) groups excluding carboxylic acids is 13. The first-order valence-electron chi connectivity index (χ1n) is 36.2. The number of methoxy groups -OCH3 is 1. The minimum atomic E-state index is -1.88. The van der Waals surface area contributed by atoms with E-state index in [0.717, 1.165) is 0 Å². The zero-order valence-electron chi connectivity index (χ0n) is 63.2. The highest BCUT2D eigenvalue weighted by molar-refractivity contribution is 6.00. The number of benzene rings is 2. The summed E-state index contributed by atoms with van der Waals surface area (Å²) in [5.74, 6) is -17.0. The van der Waals surface area contributed by atoms with Crippen LogP contribution >= 0.6 is 0 Å². The smallest absolute Gasteiger partial charge is 0.325 e. The third-order valence-electron chi connectivity index (χ3n) is 17.3. The van der Waals surface area contributed by atoms with Crippen LogP contribution in [0.5, 0.6) is 0 Å². The van der Waals surface area contributed by atoms with Crippen molar-refractivity contribution in [2.24, 2.45) is 35.0 Å². The van der Waals surface area contributed by atoms with Crippen LogP contribution in [0.3, 0.4) is 0 Å². The highest BCUT2D eigenvalue weighted by Crippen LogP contribution is 2.20. The molecule has 13 atom stereocenters. The Morgan fingerprint density at radius 2 is 0.873 bits per heavy atom. The minimum Gasteiger partial charge on any atom is -0.481 e. The summed E-state index contributed by atoms with van der Waals surface area (Å²) in [6, 6.07) is -3.25. The molecule has 0 unspecified atom stereocenters. The molecule has 0 bridgehead atoms. The molecule has 1 aromatic heterocycles. The zero-order valence-corrected chi connectivity index (χ0v) is 63.2. The highest BCUT2D eigenvalue weighted by Gasteiger charge is 2.38. The number of aromatic amines is 1. The Bertz CT molecular complexity index is 3530. The summed E-state index contributed by atoms with van der Waals surface area (Å²) in [6.07, 6.45) is -0.673. The molecule has 612 valence electrons. The van der Waals surface area contributed by atoms with E-state index < -0.39 is 218 Å². The number of aliphatic hydroxyl groups is 2. The van der Waals surface area contributed by atoms with E-state index in [9.17, 15) is 92.3 Å². The van der Waals surface area contributed by atoms with Crippen LogP contribution in [0.25, 0.3) is 10.9 Å². The van der Waals surface area contributed by atoms with E-state index >= 15 is 0 Å². The zero-order chi connectivity index (χ0) is 82.2. The number of nitrogens with two attached hydrogens (primary N) is 3. The number of H-pyrrole nitrogens is 1. The first-order chi connectivity index (χ1) is 52.3. The van der Waals surface area contributed by atoms with Gasteiger partial charge in [-0.2, -0.15) is 0 Å². The number of rotatable bonds is 53. The second-order valence-electron chi connectivity index (χ2n) is 26.7. The Balaban J connectivity index is 1.84. The van der Waals surface area contributed by atoms with Crippen molar-refractivity contribution in [3.63, 3.8) is 0 Å². The molecule has 0 aliphatic carbocycles. The van der Waals surface area contributed by atoms with Crippen molar-refractivity contribution in [1.82, 2.24) is 74.1 Å². The summed E-state index contributed by atoms with van der Waals surface area (Å²) in [6.45, 7) is 7.92. The quantitative estimate of drug-likeness (QED) is 0.0234. The first-order valence-corrected chi connectivity index (χ1v) is 36.2. The number of hydrogen-bond donors (Lipinski definition) is 21. The van der Waals surface area contributed by atoms with Gasteiger partial charge in [-0.25, -0.2) is 0 Å². The summed E-state index contributed by atoms with van der Waals surface area (Å²) >= 11 is 0. The highest BCUT2D eigenvalue weighted by atomic mass is 16.5. The number of aromatic nitrogens is 1. The van der Waals surface area contributed by atoms with Crippen LogP contribution in [0.15, 0.2) is 60.8 Å². The lowest BCUT2D eigenvalue weighted by atomic mass is 9.96. The first kappa shape index (κ1) is 93.9. The number of aliphatic hydroxyl groups excluding tert-OH is 2. The molecule has 0 aliphatic rings. The van der Waals surface area contributed by atoms with Gasteiger partial charge in [0.15, 0.2) is 0 Å². The maximum Gasteiger partial charge on any atom is 0.325 e. The van der Waals surface area contributed by atoms with Crippen molar-refractivity contribution in [3.8, 4) is 0 Å². The summed E-state index contributed by atoms with van der Waals surface area (Å²) in [5.41, 5.74) is 19.1. The predicted octanol–water partition coefficient (Wildman–Crippen LogP) is -6.08. The molecule has 24 N–H and O–H groups in total. The van der Waals surface area contributed by atoms with E-state index in [4.69, 9.17) is 31.4 Å². The summed E-state index contributed by atoms with van der Waals surface area (Å²) in [7, 11) is 1.52. The number of aliphatic carboxylic acids is 2. The number of fused-ring (bicyclic) bond motifs is 1. The Morgan fingerprint density at radius 3 is 1.40 bits per heavy atom. The third kappa shape index (κ3) is 32.5. The van der Waals surface area contributed by atoms with E-state index in [-0.39, 0.29) is 65.0 Å². The van der Waals surface area contributed by atoms with Crippen molar-refractivity contribution >= 4 is 99.6 Å². The molecule has 39 nitrogen and oxygen atoms in total. The van der Waals surface area contributed by atoms with Gasteiger partial charge < -0.3 is 126 Å². The van der Waals surface area contributed by atoms with Crippen molar-refractivity contribution in [2.45, 2.75) is 172 Å². The van der Waals surface area contributed by atoms with Gasteiger partial charge in [-0.05, 0) is 87.2 Å². The average molecular weight is 1550 g/mol. The van der Waals surface area contributed by atoms with Gasteiger partial charge in [0.1, 0.15) is 79.1 Å². The molecule has 13 amide bonds. The van der Waals surface area contributed by atoms with E-state index in [2.05, 4.69) is 74.1 Å². The van der Waals surface area contributed by atoms with Crippen LogP contribution in [-0.4, -0.2) is 266 Å². The number of nitrogens with one attached hydrogen (secondary N) is 14. The molecule has 0 aliphatic heterocycles. The Hall–Kier alpha value is -10.3. The van der Waals surface area contributed by atoms with Gasteiger partial charge >= 0.3 is 11.9 Å². The normalized spacial score (nSPS) is 14.8. The van der Waals surface area contributed by atoms with E-state index in [1.165, 1.54) is 20.2 Å². The topological polar surface area (TPSA) is 615 Å². The Labute approximate surface area is 636 Å². The van der Waals surface area contributed by atoms with E-state index in [1.807, 2.05) is 0 Å². The van der Waals surface area contributed by atoms with E-state index in [1.54, 1.807) is 96.1 Å². The summed E-state index contributed by atoms with van der Waals surface area (Å²) < 4.78 is 15.5. The SMILES string of the molecule is CC[C@H](C)[C@@H](NC(=O)[C@@H](NC(=O)[C@H](CCC(=O)O)NC(=O)[C@H](Cc1ccccc1)NC(=O)[C@@H](CCN)NC(=O)[C@H](CCN)NC(=O)[C@H](CO)NC(=O)[C@@H](Cc1c[nH]c2ccccc12)NC(=O)[C@@H](CO)NC(=O)CNC(=O)[C@@H](CCN)NC(=O)[C@H](NC(=O)COCCOCCOC)C(C)C)C(C)C)C(=O)N[C@@H](C)C(=O)O. The molecular formula is C71H111N17O22. The lowest BCUT2D eigenvalue weighted by Crippen LogP contribution is -2.62. The molecule has 3 rings (SSSR count). The maximum absolute atomic E-state index is 14.5. The fraction of sp³-hybridized carbons (Fsp3) is 0.592. The monoisotopic (exact) mass is 1550 g/mol. The number of carboxylic acids is 2. The van der Waals surface area contributed by atoms with Crippen LogP contribution in [0.4, 0.5) is 0 Å². The van der Waals surface area contributed by atoms with Gasteiger partial charge in [0, 0.05) is 43.5 Å². The average Bonchev–Trinajstić information content (AvgIpc) is 1.58. The van der Waals surface area contributed by atoms with Gasteiger partial charge in [-0.1, -0.05) is 96.5 Å². The van der Waals surface area contributed by atoms with Crippen LogP contribution < -0.4 is 86.3 Å². The van der Waals surface area contributed by atoms with Crippen molar-refractivity contribution in [3.05, 3.63) is 71.9 Å². The second-order valence-corrected chi connectivity index (χ2v) is 26.7. The molecule has 2 aromatic carbocycles. The molecule has 39 heteroatoms. The van der Waals surface area contributed by atoms with Gasteiger partial charge in [0.2, 0.25) is 76.8 Å². The summed E-state index contributed by atoms with van der Waals surface area (Å²) in [5, 5.41) is 72.7. The van der Waals surface area contributed by atoms with Crippen molar-refractivity contribution in [2.75, 3.05) is 79.5 Å². The van der Waals surface area contributed by atoms with Gasteiger partial charge in [-0.3, -0.25) is 71.9 Å². The maximum atomic E-state index is 14.5. The standard InChI is InChI=1S/C71H111N17O22/c1-9-40(6)59(70(105)77-41(7)71(106)107)88-69(104)58(39(4)5)87-63(98)46(19-20-56(93)94)79-64(99)50(31-42-15-11-10-12-16-42)83-62(97)49(23-26-74)80-61(96)48(22-25-73)81-67(102)53(36-90)85-65(100)51(32-43-33-75-45-18-14-13-17-44(43)45)84-66(101)52(35-89)78-54(91)34-76-60(95)47(21-24-72)82-68(103)57(38(2)3)86-55(92)37-110-30-29-109-28-27-108-8/h10-18,33,38-41,46-53,57-59,75,89-90H,9,19-32,34-37,72-74H2,1-8H3,(H,76,95)(H,77,105)(H,78,91)(H,79,99)(H,80,96)(H,81,102)(H,82,103)(H,83,97)(H,84,101)(H,85,100)(H,86,92)(H,87,98)(H,88,104)(H,93,94)(H,106,107)/t40-,41-,46-,47+,48-,49+,50-,51+,52+,53-,57+,58-,59+/m0/s1. The van der Waals surface area contributed by atoms with Crippen LogP contribution in [-0.2, 0) is 99.0 Å². The Morgan fingerprint density at radius 1 is 0.445 bits per heavy atom. The number of amides is 13. The molecule has 0 radical (unpaired) electrons. The predicted molar refractivity (Wildman–Crippen MR) is 396 cm³/mol. The summed E-state index contributed by atoms with van der Waals surface area (Å²) in [4.78, 5) is 207. The van der Waals surface area contributed by atoms with Crippen molar-refractivity contribution < 1.29 is 107 Å². The van der Waals surface area contributed by atoms with Gasteiger partial charge in [-0.15, -0.1) is 0 Å². The molecule has 1 heterocycles. The fourth-order valence-electron chi connectivity index (χ4n) is 10.8. The van der Waals surface area contributed by atoms with Gasteiger partial charge in [0.25, 0.3) is 0 Å². The van der Waals surface area contributed by atoms with Crippen LogP contribution in [0.2, 0.25) is 0 Å². The van der Waals surface area contributed by atoms with Crippen LogP contribution in [0.1, 0.15) is 98.1 Å². The molecule has 0 spiro atoms. The number of hydrogen-bond acceptors (Lipinski definition) is 23. The largest absolute Gasteiger partial charge is 0.481 e. The second kappa shape index (κ2) is 49.7. The number of carboxylic acid groups (broad SMARTS) is 2. The molecule has 110 heavy (non-hydrogen) atoms. The fourth-order valence-corrected chi connectivity index (χ4v) is 10.8. The van der Waals surface area contributed by atoms with Crippen molar-refractivity contribution in [1.29, 1.82) is 0 Å². The van der Waals surface area contributed by atoms with Gasteiger partial charge in [0.05, 0.1) is 46.2 Å². The number of carbonyl (C=O) groups is 15. The molecular weight excluding hydrogens is 1440 g/mol. The molecule has 3 aromatic rings. The minimum absolute atomic E-state index is 0.0814. The lowest BCUT2D eigenvalue weighted by molar-refractivity contribution is -0.142. The molecule has 0 saturated heterocycles. The van der Waals surface area contributed by atoms with Crippen LogP contribution in [0, 0.1) is 17.8 Å². The van der Waals surface area contributed by atoms with E-state index in [0.29, 0.717) is 41.7 Å². The number of ether oxygens (including phenoxy) is 3. The Kier molecular flexibility index (Phi) is 42.4. The third-order valence-corrected chi connectivity index (χ3v) is 17.3. The number of para-hydroxylation sites is 1. The molecule has 0 saturated carbocycles.